The molecule has 1 saturated carbocycles. The molecule has 1 nitrogen and oxygen atoms in total. The van der Waals surface area contributed by atoms with E-state index in [0.29, 0.717) is 0 Å². The third-order valence-electron chi connectivity index (χ3n) is 3.61. The Morgan fingerprint density at radius 2 is 2.06 bits per heavy atom. The second-order valence-electron chi connectivity index (χ2n) is 5.32. The molecule has 0 atom stereocenters. The second-order valence-corrected chi connectivity index (χ2v) is 5.32. The second kappa shape index (κ2) is 6.20. The van der Waals surface area contributed by atoms with Crippen LogP contribution >= 0.6 is 0 Å². The van der Waals surface area contributed by atoms with Gasteiger partial charge in [-0.25, -0.2) is 0 Å². The first kappa shape index (κ1) is 12.6. The Labute approximate surface area is 106 Å². The maximum atomic E-state index is 3.47. The van der Waals surface area contributed by atoms with E-state index in [1.54, 1.807) is 5.56 Å². The van der Waals surface area contributed by atoms with E-state index in [1.165, 1.54) is 43.2 Å². The first-order valence-electron chi connectivity index (χ1n) is 7.11. The molecule has 94 valence electrons. The van der Waals surface area contributed by atoms with Gasteiger partial charge in [0.15, 0.2) is 0 Å². The molecule has 1 aromatic rings. The molecule has 0 unspecified atom stereocenters. The predicted octanol–water partition coefficient (Wildman–Crippen LogP) is 3.80. The van der Waals surface area contributed by atoms with Crippen molar-refractivity contribution in [2.45, 2.75) is 51.9 Å². The van der Waals surface area contributed by atoms with Crippen LogP contribution in [0.1, 0.15) is 55.2 Å². The van der Waals surface area contributed by atoms with Gasteiger partial charge in [0.05, 0.1) is 0 Å². The molecule has 1 heteroatoms. The highest BCUT2D eigenvalue weighted by atomic mass is 14.8. The highest BCUT2D eigenvalue weighted by Gasteiger charge is 2.24. The zero-order chi connectivity index (χ0) is 12.1. The maximum Gasteiger partial charge on any atom is -0.00458 e. The molecule has 0 aromatic heterocycles. The van der Waals surface area contributed by atoms with Crippen molar-refractivity contribution in [3.05, 3.63) is 34.9 Å². The fraction of sp³-hybridized carbons (Fsp3) is 0.625. The van der Waals surface area contributed by atoms with Crippen molar-refractivity contribution in [3.63, 3.8) is 0 Å². The van der Waals surface area contributed by atoms with E-state index >= 15 is 0 Å². The van der Waals surface area contributed by atoms with Gasteiger partial charge in [-0.2, -0.15) is 0 Å². The average Bonchev–Trinajstić information content (AvgIpc) is 3.15. The lowest BCUT2D eigenvalue weighted by atomic mass is 9.99. The zero-order valence-electron chi connectivity index (χ0n) is 11.3. The molecule has 0 spiro atoms. The summed E-state index contributed by atoms with van der Waals surface area (Å²) in [5.74, 6) is 0.883. The topological polar surface area (TPSA) is 12.0 Å². The van der Waals surface area contributed by atoms with Crippen LogP contribution in [-0.2, 0) is 6.42 Å². The van der Waals surface area contributed by atoms with Crippen LogP contribution in [0.5, 0.6) is 0 Å². The van der Waals surface area contributed by atoms with Crippen molar-refractivity contribution in [2.75, 3.05) is 13.1 Å². The van der Waals surface area contributed by atoms with Crippen LogP contribution in [0.2, 0.25) is 0 Å². The van der Waals surface area contributed by atoms with Gasteiger partial charge in [0.2, 0.25) is 0 Å². The molecule has 1 aliphatic carbocycles. The number of hydrogen-bond acceptors (Lipinski definition) is 1. The molecular weight excluding hydrogens is 206 g/mol. The number of hydrogen-bond donors (Lipinski definition) is 1. The van der Waals surface area contributed by atoms with Crippen molar-refractivity contribution in [1.82, 2.24) is 5.32 Å². The van der Waals surface area contributed by atoms with E-state index in [2.05, 4.69) is 37.4 Å². The Kier molecular flexibility index (Phi) is 4.61. The summed E-state index contributed by atoms with van der Waals surface area (Å²) in [7, 11) is 0. The van der Waals surface area contributed by atoms with E-state index in [9.17, 15) is 0 Å². The smallest absolute Gasteiger partial charge is 0.00458 e. The predicted molar refractivity (Wildman–Crippen MR) is 74.6 cm³/mol. The summed E-state index contributed by atoms with van der Waals surface area (Å²) < 4.78 is 0. The first-order valence-corrected chi connectivity index (χ1v) is 7.11. The third-order valence-corrected chi connectivity index (χ3v) is 3.61. The lowest BCUT2D eigenvalue weighted by molar-refractivity contribution is 0.640. The average molecular weight is 231 g/mol. The van der Waals surface area contributed by atoms with Crippen LogP contribution in [0.15, 0.2) is 18.2 Å². The molecule has 1 aromatic carbocycles. The van der Waals surface area contributed by atoms with Gasteiger partial charge >= 0.3 is 0 Å². The van der Waals surface area contributed by atoms with E-state index in [1.807, 2.05) is 0 Å². The maximum absolute atomic E-state index is 3.47. The lowest BCUT2D eigenvalue weighted by Crippen LogP contribution is -2.16. The molecule has 0 bridgehead atoms. The van der Waals surface area contributed by atoms with E-state index < -0.39 is 0 Å². The molecule has 0 heterocycles. The normalized spacial score (nSPS) is 15.2. The van der Waals surface area contributed by atoms with Crippen molar-refractivity contribution in [1.29, 1.82) is 0 Å². The van der Waals surface area contributed by atoms with Gasteiger partial charge in [-0.3, -0.25) is 0 Å². The Bertz CT molecular complexity index is 353. The van der Waals surface area contributed by atoms with Crippen LogP contribution < -0.4 is 5.32 Å². The summed E-state index contributed by atoms with van der Waals surface area (Å²) in [4.78, 5) is 0. The van der Waals surface area contributed by atoms with Gasteiger partial charge in [-0.05, 0) is 74.7 Å². The van der Waals surface area contributed by atoms with Crippen LogP contribution in [0.4, 0.5) is 0 Å². The fourth-order valence-electron chi connectivity index (χ4n) is 2.40. The molecule has 0 saturated heterocycles. The standard InChI is InChI=1S/C16H25N/c1-3-10-17-11-4-5-14-7-6-13(2)16(12-14)15-8-9-15/h6-7,12,15,17H,3-5,8-11H2,1-2H3. The quantitative estimate of drug-likeness (QED) is 0.704. The van der Waals surface area contributed by atoms with Crippen LogP contribution in [0.25, 0.3) is 0 Å². The summed E-state index contributed by atoms with van der Waals surface area (Å²) in [5.41, 5.74) is 4.63. The number of nitrogens with one attached hydrogen (secondary N) is 1. The van der Waals surface area contributed by atoms with E-state index in [4.69, 9.17) is 0 Å². The molecule has 1 aliphatic rings. The summed E-state index contributed by atoms with van der Waals surface area (Å²) in [6.07, 6.45) is 6.52. The van der Waals surface area contributed by atoms with Crippen LogP contribution in [0, 0.1) is 6.92 Å². The minimum Gasteiger partial charge on any atom is -0.317 e. The Morgan fingerprint density at radius 3 is 2.76 bits per heavy atom. The number of benzene rings is 1. The van der Waals surface area contributed by atoms with Gasteiger partial charge < -0.3 is 5.32 Å². The molecule has 2 rings (SSSR count). The molecule has 0 radical (unpaired) electrons. The largest absolute Gasteiger partial charge is 0.317 e. The molecule has 0 amide bonds. The minimum absolute atomic E-state index is 0.883. The summed E-state index contributed by atoms with van der Waals surface area (Å²) in [6, 6.07) is 7.07. The van der Waals surface area contributed by atoms with Gasteiger partial charge in [-0.1, -0.05) is 25.1 Å². The summed E-state index contributed by atoms with van der Waals surface area (Å²) in [6.45, 7) is 6.77. The molecule has 1 N–H and O–H groups in total. The molecule has 1 fully saturated rings. The molecule has 17 heavy (non-hydrogen) atoms. The van der Waals surface area contributed by atoms with Gasteiger partial charge in [0.25, 0.3) is 0 Å². The summed E-state index contributed by atoms with van der Waals surface area (Å²) in [5, 5.41) is 3.47. The van der Waals surface area contributed by atoms with Crippen molar-refractivity contribution >= 4 is 0 Å². The third kappa shape index (κ3) is 3.85. The monoisotopic (exact) mass is 231 g/mol. The van der Waals surface area contributed by atoms with Gasteiger partial charge in [0, 0.05) is 0 Å². The van der Waals surface area contributed by atoms with Crippen molar-refractivity contribution in [3.8, 4) is 0 Å². The van der Waals surface area contributed by atoms with Crippen LogP contribution in [-0.4, -0.2) is 13.1 Å². The van der Waals surface area contributed by atoms with Crippen molar-refractivity contribution < 1.29 is 0 Å². The Hall–Kier alpha value is -0.820. The highest BCUT2D eigenvalue weighted by molar-refractivity contribution is 5.36. The van der Waals surface area contributed by atoms with Gasteiger partial charge in [-0.15, -0.1) is 0 Å². The first-order chi connectivity index (χ1) is 8.31. The number of aryl methyl sites for hydroxylation is 2. The molecule has 0 aliphatic heterocycles. The number of rotatable bonds is 7. The van der Waals surface area contributed by atoms with E-state index in [0.717, 1.165) is 19.0 Å². The minimum atomic E-state index is 0.883. The Morgan fingerprint density at radius 1 is 1.24 bits per heavy atom. The van der Waals surface area contributed by atoms with Crippen LogP contribution in [0.3, 0.4) is 0 Å². The zero-order valence-corrected chi connectivity index (χ0v) is 11.3. The summed E-state index contributed by atoms with van der Waals surface area (Å²) >= 11 is 0. The van der Waals surface area contributed by atoms with E-state index in [-0.39, 0.29) is 0 Å². The van der Waals surface area contributed by atoms with Gasteiger partial charge in [0.1, 0.15) is 0 Å². The SMILES string of the molecule is CCCNCCCc1ccc(C)c(C2CC2)c1. The Balaban J connectivity index is 1.82. The van der Waals surface area contributed by atoms with Crippen molar-refractivity contribution in [2.24, 2.45) is 0 Å². The lowest BCUT2D eigenvalue weighted by Gasteiger charge is -2.08. The highest BCUT2D eigenvalue weighted by Crippen LogP contribution is 2.41. The molecular formula is C16H25N. The fourth-order valence-corrected chi connectivity index (χ4v) is 2.40.